The zero-order chi connectivity index (χ0) is 32.0. The molecule has 0 saturated carbocycles. The number of hydrogen-bond acceptors (Lipinski definition) is 6. The maximum absolute atomic E-state index is 12.5. The molecule has 45 heavy (non-hydrogen) atoms. The number of carbonyl (C=O) groups excluding carboxylic acids is 1. The van der Waals surface area contributed by atoms with Gasteiger partial charge in [-0.05, 0) is 47.7 Å². The number of aliphatic hydroxyl groups is 1. The molecule has 0 radical (unpaired) electrons. The number of ether oxygens (including phenoxy) is 2. The van der Waals surface area contributed by atoms with Crippen LogP contribution in [0.15, 0.2) is 85.5 Å². The van der Waals surface area contributed by atoms with Crippen molar-refractivity contribution in [1.82, 2.24) is 10.2 Å². The lowest BCUT2D eigenvalue weighted by atomic mass is 9.97. The molecular weight excluding hydrogens is 568 g/mol. The fourth-order valence-electron chi connectivity index (χ4n) is 5.65. The highest BCUT2D eigenvalue weighted by Crippen LogP contribution is 2.38. The summed E-state index contributed by atoms with van der Waals surface area (Å²) >= 11 is 0. The molecule has 3 atom stereocenters. The van der Waals surface area contributed by atoms with E-state index in [-0.39, 0.29) is 31.1 Å². The van der Waals surface area contributed by atoms with E-state index in [1.54, 1.807) is 0 Å². The number of rotatable bonds is 17. The first-order valence-corrected chi connectivity index (χ1v) is 15.8. The first-order valence-electron chi connectivity index (χ1n) is 15.8. The van der Waals surface area contributed by atoms with Gasteiger partial charge in [0, 0.05) is 44.5 Å². The number of aliphatic hydroxyl groups excluding tert-OH is 1. The number of nitrogens with one attached hydrogen (secondary N) is 1. The molecule has 1 heterocycles. The molecule has 3 N–H and O–H groups in total. The Kier molecular flexibility index (Phi) is 13.3. The maximum atomic E-state index is 12.5. The number of amides is 1. The van der Waals surface area contributed by atoms with Gasteiger partial charge in [0.05, 0.1) is 18.8 Å². The molecule has 3 aromatic rings. The van der Waals surface area contributed by atoms with Crippen molar-refractivity contribution < 1.29 is 29.3 Å². The zero-order valence-electron chi connectivity index (χ0n) is 26.2. The Balaban J connectivity index is 1.40. The topological polar surface area (TPSA) is 108 Å². The van der Waals surface area contributed by atoms with E-state index in [4.69, 9.17) is 14.6 Å². The van der Waals surface area contributed by atoms with Gasteiger partial charge >= 0.3 is 5.97 Å². The summed E-state index contributed by atoms with van der Waals surface area (Å²) in [5.41, 5.74) is 5.97. The molecule has 1 fully saturated rings. The lowest BCUT2D eigenvalue weighted by Gasteiger charge is -2.37. The van der Waals surface area contributed by atoms with Crippen molar-refractivity contribution in [2.45, 2.75) is 76.6 Å². The molecular formula is C37H46N2O6. The Morgan fingerprint density at radius 2 is 1.62 bits per heavy atom. The lowest BCUT2D eigenvalue weighted by molar-refractivity contribution is -0.252. The van der Waals surface area contributed by atoms with Gasteiger partial charge in [-0.2, -0.15) is 0 Å². The second kappa shape index (κ2) is 17.6. The molecule has 0 aromatic heterocycles. The van der Waals surface area contributed by atoms with Crippen LogP contribution in [0.2, 0.25) is 0 Å². The van der Waals surface area contributed by atoms with Crippen molar-refractivity contribution in [2.24, 2.45) is 0 Å². The normalized spacial score (nSPS) is 18.1. The fraction of sp³-hybridized carbons (Fsp3) is 0.405. The lowest BCUT2D eigenvalue weighted by Crippen LogP contribution is -2.37. The summed E-state index contributed by atoms with van der Waals surface area (Å²) in [6, 6.07) is 24.2. The quantitative estimate of drug-likeness (QED) is 0.117. The summed E-state index contributed by atoms with van der Waals surface area (Å²) in [4.78, 5) is 25.3. The molecule has 8 nitrogen and oxygen atoms in total. The second-order valence-corrected chi connectivity index (χ2v) is 11.7. The van der Waals surface area contributed by atoms with Crippen LogP contribution in [0.25, 0.3) is 11.1 Å². The van der Waals surface area contributed by atoms with Crippen LogP contribution in [-0.4, -0.2) is 53.2 Å². The van der Waals surface area contributed by atoms with Crippen molar-refractivity contribution in [1.29, 1.82) is 0 Å². The minimum Gasteiger partial charge on any atom is -0.481 e. The van der Waals surface area contributed by atoms with E-state index < -0.39 is 12.3 Å². The highest BCUT2D eigenvalue weighted by Gasteiger charge is 2.32. The average molecular weight is 615 g/mol. The summed E-state index contributed by atoms with van der Waals surface area (Å²) in [5.74, 6) is -0.776. The average Bonchev–Trinajstić information content (AvgIpc) is 3.05. The predicted molar refractivity (Wildman–Crippen MR) is 175 cm³/mol. The van der Waals surface area contributed by atoms with Crippen molar-refractivity contribution in [3.8, 4) is 11.1 Å². The van der Waals surface area contributed by atoms with E-state index in [9.17, 15) is 14.7 Å². The number of aliphatic carboxylic acids is 1. The Hall–Kier alpha value is -3.82. The third-order valence-electron chi connectivity index (χ3n) is 8.10. The zero-order valence-corrected chi connectivity index (χ0v) is 26.2. The Bertz CT molecular complexity index is 1370. The third-order valence-corrected chi connectivity index (χ3v) is 8.10. The summed E-state index contributed by atoms with van der Waals surface area (Å²) in [5, 5.41) is 21.3. The van der Waals surface area contributed by atoms with Gasteiger partial charge in [0.15, 0.2) is 6.29 Å². The van der Waals surface area contributed by atoms with Crippen LogP contribution < -0.4 is 5.32 Å². The SMILES string of the molecule is C=CCN(C)C[C@H]1C[C@@H](c2ccc(CO)cc2)O[C@@H](c2ccc(-c3ccccc3CNC(=O)CCCCCCC(=O)O)cc2)O1. The molecule has 1 amide bonds. The number of benzene rings is 3. The summed E-state index contributed by atoms with van der Waals surface area (Å²) in [6.45, 7) is 5.81. The minimum atomic E-state index is -0.775. The van der Waals surface area contributed by atoms with Gasteiger partial charge in [0.25, 0.3) is 0 Å². The van der Waals surface area contributed by atoms with Gasteiger partial charge < -0.3 is 29.9 Å². The minimum absolute atomic E-state index is 0.00109. The number of carboxylic acid groups (broad SMARTS) is 1. The predicted octanol–water partition coefficient (Wildman–Crippen LogP) is 6.55. The van der Waals surface area contributed by atoms with Gasteiger partial charge in [0.2, 0.25) is 5.91 Å². The molecule has 0 unspecified atom stereocenters. The Morgan fingerprint density at radius 3 is 2.31 bits per heavy atom. The number of hydrogen-bond donors (Lipinski definition) is 3. The molecule has 0 spiro atoms. The van der Waals surface area contributed by atoms with E-state index in [0.717, 1.165) is 72.2 Å². The first kappa shape index (κ1) is 34.1. The van der Waals surface area contributed by atoms with Gasteiger partial charge in [-0.3, -0.25) is 9.59 Å². The van der Waals surface area contributed by atoms with E-state index in [0.29, 0.717) is 19.4 Å². The smallest absolute Gasteiger partial charge is 0.303 e. The first-order chi connectivity index (χ1) is 21.9. The standard InChI is InChI=1S/C37H46N2O6/c1-3-22-39(2)25-32-23-34(29-16-14-27(26-40)15-17-29)45-37(44-32)30-20-18-28(19-21-30)33-11-9-8-10-31(33)24-38-35(41)12-6-4-5-7-13-36(42)43/h3,8-11,14-21,32,34,37,40H,1,4-7,12-13,22-26H2,2H3,(H,38,41)(H,42,43)/t32-,34+,37+/m1/s1. The van der Waals surface area contributed by atoms with E-state index in [1.165, 1.54) is 0 Å². The van der Waals surface area contributed by atoms with Gasteiger partial charge in [-0.1, -0.05) is 91.7 Å². The molecule has 3 aromatic carbocycles. The third kappa shape index (κ3) is 10.6. The van der Waals surface area contributed by atoms with E-state index in [1.807, 2.05) is 60.7 Å². The Morgan fingerprint density at radius 1 is 0.933 bits per heavy atom. The van der Waals surface area contributed by atoms with Crippen molar-refractivity contribution in [2.75, 3.05) is 20.1 Å². The summed E-state index contributed by atoms with van der Waals surface area (Å²) < 4.78 is 13.0. The van der Waals surface area contributed by atoms with Crippen LogP contribution in [0.4, 0.5) is 0 Å². The summed E-state index contributed by atoms with van der Waals surface area (Å²) in [6.07, 6.45) is 5.57. The van der Waals surface area contributed by atoms with Crippen LogP contribution in [-0.2, 0) is 32.2 Å². The number of carboxylic acids is 1. The van der Waals surface area contributed by atoms with Crippen molar-refractivity contribution >= 4 is 11.9 Å². The summed E-state index contributed by atoms with van der Waals surface area (Å²) in [7, 11) is 2.06. The molecule has 0 bridgehead atoms. The van der Waals surface area contributed by atoms with Gasteiger partial charge in [-0.15, -0.1) is 6.58 Å². The fourth-order valence-corrected chi connectivity index (χ4v) is 5.65. The molecule has 1 aliphatic rings. The number of unbranched alkanes of at least 4 members (excludes halogenated alkanes) is 3. The van der Waals surface area contributed by atoms with Gasteiger partial charge in [0.1, 0.15) is 0 Å². The van der Waals surface area contributed by atoms with Gasteiger partial charge in [-0.25, -0.2) is 0 Å². The van der Waals surface area contributed by atoms with Crippen LogP contribution in [0.1, 0.15) is 79.6 Å². The molecule has 8 heteroatoms. The molecule has 240 valence electrons. The monoisotopic (exact) mass is 614 g/mol. The van der Waals surface area contributed by atoms with Crippen LogP contribution >= 0.6 is 0 Å². The Labute approximate surface area is 266 Å². The van der Waals surface area contributed by atoms with E-state index in [2.05, 4.69) is 42.0 Å². The molecule has 1 saturated heterocycles. The van der Waals surface area contributed by atoms with E-state index >= 15 is 0 Å². The maximum Gasteiger partial charge on any atom is 0.303 e. The largest absolute Gasteiger partial charge is 0.481 e. The van der Waals surface area contributed by atoms with Crippen LogP contribution in [0.3, 0.4) is 0 Å². The molecule has 4 rings (SSSR count). The molecule has 0 aliphatic carbocycles. The molecule has 1 aliphatic heterocycles. The van der Waals surface area contributed by atoms with Crippen molar-refractivity contribution in [3.63, 3.8) is 0 Å². The number of carbonyl (C=O) groups is 2. The highest BCUT2D eigenvalue weighted by molar-refractivity contribution is 5.76. The number of nitrogens with zero attached hydrogens (tertiary/aromatic N) is 1. The van der Waals surface area contributed by atoms with Crippen LogP contribution in [0, 0.1) is 0 Å². The van der Waals surface area contributed by atoms with Crippen LogP contribution in [0.5, 0.6) is 0 Å². The highest BCUT2D eigenvalue weighted by atomic mass is 16.7. The van der Waals surface area contributed by atoms with Crippen molar-refractivity contribution in [3.05, 3.63) is 108 Å². The second-order valence-electron chi connectivity index (χ2n) is 11.7. The number of likely N-dealkylation sites (N-methyl/N-ethyl adjacent to an activating group) is 1.